The number of rotatable bonds is 7. The molecule has 0 N–H and O–H groups in total. The largest absolute Gasteiger partial charge is 0.465 e. The predicted molar refractivity (Wildman–Crippen MR) is 58.6 cm³/mol. The molecule has 0 bridgehead atoms. The van der Waals surface area contributed by atoms with Crippen LogP contribution in [0.1, 0.15) is 45.4 Å². The third-order valence-corrected chi connectivity index (χ3v) is 3.18. The second-order valence-corrected chi connectivity index (χ2v) is 4.41. The summed E-state index contributed by atoms with van der Waals surface area (Å²) in [4.78, 5) is 11.6. The van der Waals surface area contributed by atoms with Crippen molar-refractivity contribution in [3.8, 4) is 0 Å². The molecular formula is C12H22O3. The topological polar surface area (TPSA) is 35.5 Å². The van der Waals surface area contributed by atoms with Gasteiger partial charge in [0.15, 0.2) is 0 Å². The van der Waals surface area contributed by atoms with E-state index in [4.69, 9.17) is 9.47 Å². The lowest BCUT2D eigenvalue weighted by Gasteiger charge is -2.23. The zero-order chi connectivity index (χ0) is 11.1. The van der Waals surface area contributed by atoms with Crippen molar-refractivity contribution in [2.75, 3.05) is 20.3 Å². The zero-order valence-corrected chi connectivity index (χ0v) is 9.88. The molecule has 1 unspecified atom stereocenters. The van der Waals surface area contributed by atoms with Gasteiger partial charge in [-0.15, -0.1) is 0 Å². The molecule has 1 aliphatic rings. The van der Waals surface area contributed by atoms with Gasteiger partial charge in [-0.1, -0.05) is 32.6 Å². The van der Waals surface area contributed by atoms with E-state index in [1.54, 1.807) is 7.11 Å². The Morgan fingerprint density at radius 3 is 2.73 bits per heavy atom. The van der Waals surface area contributed by atoms with Crippen LogP contribution in [-0.4, -0.2) is 26.3 Å². The molecule has 0 saturated carbocycles. The summed E-state index contributed by atoms with van der Waals surface area (Å²) in [7, 11) is 1.65. The third kappa shape index (κ3) is 3.20. The van der Waals surface area contributed by atoms with Crippen LogP contribution in [0.3, 0.4) is 0 Å². The first-order chi connectivity index (χ1) is 7.25. The van der Waals surface area contributed by atoms with Gasteiger partial charge in [0.2, 0.25) is 0 Å². The molecule has 0 aromatic rings. The van der Waals surface area contributed by atoms with E-state index in [-0.39, 0.29) is 11.4 Å². The summed E-state index contributed by atoms with van der Waals surface area (Å²) in [6.45, 7) is 3.27. The number of ether oxygens (including phenoxy) is 2. The highest BCUT2D eigenvalue weighted by molar-refractivity contribution is 5.78. The van der Waals surface area contributed by atoms with Crippen molar-refractivity contribution in [1.29, 1.82) is 0 Å². The van der Waals surface area contributed by atoms with E-state index >= 15 is 0 Å². The van der Waals surface area contributed by atoms with Gasteiger partial charge in [0.05, 0.1) is 18.6 Å². The molecule has 0 aromatic heterocycles. The highest BCUT2D eigenvalue weighted by atomic mass is 16.5. The minimum absolute atomic E-state index is 0.0548. The maximum Gasteiger partial charge on any atom is 0.314 e. The van der Waals surface area contributed by atoms with Crippen LogP contribution < -0.4 is 0 Å². The van der Waals surface area contributed by atoms with Gasteiger partial charge in [-0.05, 0) is 12.8 Å². The van der Waals surface area contributed by atoms with Crippen LogP contribution >= 0.6 is 0 Å². The average Bonchev–Trinajstić information content (AvgIpc) is 2.57. The number of carbonyl (C=O) groups excluding carboxylic acids is 1. The summed E-state index contributed by atoms with van der Waals surface area (Å²) in [5, 5.41) is 0. The first-order valence-electron chi connectivity index (χ1n) is 5.91. The Morgan fingerprint density at radius 2 is 2.20 bits per heavy atom. The number of hydrogen-bond acceptors (Lipinski definition) is 3. The van der Waals surface area contributed by atoms with Gasteiger partial charge in [0, 0.05) is 7.11 Å². The molecule has 0 aromatic carbocycles. The molecule has 88 valence electrons. The molecule has 1 heterocycles. The number of carbonyl (C=O) groups is 1. The second-order valence-electron chi connectivity index (χ2n) is 4.41. The van der Waals surface area contributed by atoms with Gasteiger partial charge in [-0.2, -0.15) is 0 Å². The van der Waals surface area contributed by atoms with Crippen LogP contribution in [0.2, 0.25) is 0 Å². The Balaban J connectivity index is 2.39. The fourth-order valence-electron chi connectivity index (χ4n) is 2.19. The maximum absolute atomic E-state index is 11.6. The van der Waals surface area contributed by atoms with Crippen LogP contribution in [0.15, 0.2) is 0 Å². The minimum atomic E-state index is -0.331. The van der Waals surface area contributed by atoms with Crippen LogP contribution in [0, 0.1) is 5.41 Å². The van der Waals surface area contributed by atoms with Crippen molar-refractivity contribution in [3.63, 3.8) is 0 Å². The van der Waals surface area contributed by atoms with E-state index in [1.165, 1.54) is 19.3 Å². The first-order valence-corrected chi connectivity index (χ1v) is 5.91. The average molecular weight is 214 g/mol. The molecular weight excluding hydrogens is 192 g/mol. The van der Waals surface area contributed by atoms with Crippen molar-refractivity contribution in [1.82, 2.24) is 0 Å². The van der Waals surface area contributed by atoms with E-state index in [9.17, 15) is 4.79 Å². The van der Waals surface area contributed by atoms with E-state index in [2.05, 4.69) is 6.92 Å². The van der Waals surface area contributed by atoms with E-state index in [0.29, 0.717) is 13.2 Å². The van der Waals surface area contributed by atoms with Gasteiger partial charge in [-0.25, -0.2) is 0 Å². The molecule has 1 saturated heterocycles. The Hall–Kier alpha value is -0.570. The van der Waals surface area contributed by atoms with Crippen molar-refractivity contribution >= 4 is 5.97 Å². The molecule has 0 aliphatic carbocycles. The van der Waals surface area contributed by atoms with Crippen molar-refractivity contribution in [2.24, 2.45) is 5.41 Å². The van der Waals surface area contributed by atoms with Gasteiger partial charge in [-0.3, -0.25) is 4.79 Å². The van der Waals surface area contributed by atoms with Crippen LogP contribution in [-0.2, 0) is 14.3 Å². The minimum Gasteiger partial charge on any atom is -0.465 e. The molecule has 3 nitrogen and oxygen atoms in total. The number of unbranched alkanes of at least 4 members (excludes halogenated alkanes) is 3. The lowest BCUT2D eigenvalue weighted by Crippen LogP contribution is -2.31. The smallest absolute Gasteiger partial charge is 0.314 e. The summed E-state index contributed by atoms with van der Waals surface area (Å²) < 4.78 is 10.2. The fraction of sp³-hybridized carbons (Fsp3) is 0.917. The summed E-state index contributed by atoms with van der Waals surface area (Å²) in [5.74, 6) is -0.0548. The Bertz CT molecular complexity index is 203. The standard InChI is InChI=1S/C12H22O3/c1-3-4-5-6-7-12(10-14-2)8-9-15-11(12)13/h3-10H2,1-2H3. The quantitative estimate of drug-likeness (QED) is 0.482. The van der Waals surface area contributed by atoms with Gasteiger partial charge in [0.25, 0.3) is 0 Å². The van der Waals surface area contributed by atoms with E-state index < -0.39 is 0 Å². The number of methoxy groups -OCH3 is 1. The monoisotopic (exact) mass is 214 g/mol. The lowest BCUT2D eigenvalue weighted by molar-refractivity contribution is -0.149. The predicted octanol–water partition coefficient (Wildman–Crippen LogP) is 2.54. The second kappa shape index (κ2) is 6.11. The maximum atomic E-state index is 11.6. The molecule has 1 atom stereocenters. The fourth-order valence-corrected chi connectivity index (χ4v) is 2.19. The molecule has 1 fully saturated rings. The highest BCUT2D eigenvalue weighted by Gasteiger charge is 2.43. The van der Waals surface area contributed by atoms with Crippen LogP contribution in [0.25, 0.3) is 0 Å². The molecule has 0 amide bonds. The van der Waals surface area contributed by atoms with Gasteiger partial charge >= 0.3 is 5.97 Å². The third-order valence-electron chi connectivity index (χ3n) is 3.18. The normalized spacial score (nSPS) is 25.6. The van der Waals surface area contributed by atoms with Crippen molar-refractivity contribution < 1.29 is 14.3 Å². The molecule has 0 radical (unpaired) electrons. The molecule has 3 heteroatoms. The molecule has 1 aliphatic heterocycles. The van der Waals surface area contributed by atoms with Crippen molar-refractivity contribution in [3.05, 3.63) is 0 Å². The number of cyclic esters (lactones) is 1. The SMILES string of the molecule is CCCCCCC1(COC)CCOC1=O. The zero-order valence-electron chi connectivity index (χ0n) is 9.88. The van der Waals surface area contributed by atoms with Crippen LogP contribution in [0.4, 0.5) is 0 Å². The van der Waals surface area contributed by atoms with E-state index in [1.807, 2.05) is 0 Å². The Kier molecular flexibility index (Phi) is 5.09. The highest BCUT2D eigenvalue weighted by Crippen LogP contribution is 2.35. The molecule has 0 spiro atoms. The Labute approximate surface area is 92.1 Å². The first kappa shape index (κ1) is 12.5. The molecule has 15 heavy (non-hydrogen) atoms. The summed E-state index contributed by atoms with van der Waals surface area (Å²) in [6.07, 6.45) is 6.52. The van der Waals surface area contributed by atoms with Crippen molar-refractivity contribution in [2.45, 2.75) is 45.4 Å². The summed E-state index contributed by atoms with van der Waals surface area (Å²) in [6, 6.07) is 0. The number of esters is 1. The lowest BCUT2D eigenvalue weighted by atomic mass is 9.82. The Morgan fingerprint density at radius 1 is 1.40 bits per heavy atom. The van der Waals surface area contributed by atoms with E-state index in [0.717, 1.165) is 19.3 Å². The van der Waals surface area contributed by atoms with Gasteiger partial charge < -0.3 is 9.47 Å². The summed E-state index contributed by atoms with van der Waals surface area (Å²) in [5.41, 5.74) is -0.331. The number of hydrogen-bond donors (Lipinski definition) is 0. The molecule has 1 rings (SSSR count). The van der Waals surface area contributed by atoms with Crippen LogP contribution in [0.5, 0.6) is 0 Å². The van der Waals surface area contributed by atoms with Gasteiger partial charge in [0.1, 0.15) is 0 Å². The summed E-state index contributed by atoms with van der Waals surface area (Å²) >= 11 is 0.